The van der Waals surface area contributed by atoms with E-state index in [2.05, 4.69) is 9.98 Å². The molecule has 0 saturated heterocycles. The van der Waals surface area contributed by atoms with E-state index in [1.807, 2.05) is 18.4 Å². The summed E-state index contributed by atoms with van der Waals surface area (Å²) in [5, 5.41) is 1.96. The summed E-state index contributed by atoms with van der Waals surface area (Å²) in [6, 6.07) is 1.90. The Hall–Kier alpha value is -1.56. The first-order chi connectivity index (χ1) is 7.00. The summed E-state index contributed by atoms with van der Waals surface area (Å²) in [6.07, 6.45) is 0. The molecule has 0 radical (unpaired) electrons. The van der Waals surface area contributed by atoms with Crippen LogP contribution in [-0.4, -0.2) is 30.9 Å². The van der Waals surface area contributed by atoms with Gasteiger partial charge in [0.25, 0.3) is 0 Å². The molecule has 1 aromatic heterocycles. The van der Waals surface area contributed by atoms with Crippen molar-refractivity contribution in [1.82, 2.24) is 4.90 Å². The maximum absolute atomic E-state index is 5.63. The fourth-order valence-corrected chi connectivity index (χ4v) is 1.50. The molecule has 1 heterocycles. The van der Waals surface area contributed by atoms with Gasteiger partial charge in [-0.1, -0.05) is 0 Å². The normalized spacial score (nSPS) is 13.0. The van der Waals surface area contributed by atoms with Crippen molar-refractivity contribution >= 4 is 28.9 Å². The van der Waals surface area contributed by atoms with Gasteiger partial charge in [0.2, 0.25) is 5.96 Å². The number of nitrogens with zero attached hydrogens (tertiary/aromatic N) is 3. The van der Waals surface area contributed by atoms with Crippen LogP contribution in [0, 0.1) is 6.92 Å². The third-order valence-corrected chi connectivity index (χ3v) is 2.59. The average molecular weight is 225 g/mol. The molecular formula is C9H15N5S. The van der Waals surface area contributed by atoms with E-state index in [4.69, 9.17) is 11.5 Å². The Morgan fingerprint density at radius 1 is 1.40 bits per heavy atom. The van der Waals surface area contributed by atoms with Crippen molar-refractivity contribution in [2.24, 2.45) is 21.5 Å². The fourth-order valence-electron chi connectivity index (χ4n) is 0.860. The minimum absolute atomic E-state index is 0.169. The molecule has 1 aromatic rings. The van der Waals surface area contributed by atoms with Crippen molar-refractivity contribution in [1.29, 1.82) is 0 Å². The largest absolute Gasteiger partial charge is 0.369 e. The molecule has 4 N–H and O–H groups in total. The predicted octanol–water partition coefficient (Wildman–Crippen LogP) is 0.879. The summed E-state index contributed by atoms with van der Waals surface area (Å²) in [5.41, 5.74) is 12.1. The lowest BCUT2D eigenvalue weighted by molar-refractivity contribution is 0.615. The summed E-state index contributed by atoms with van der Waals surface area (Å²) in [5.74, 6) is 0.506. The smallest absolute Gasteiger partial charge is 0.223 e. The van der Waals surface area contributed by atoms with Crippen LogP contribution in [0.3, 0.4) is 0 Å². The van der Waals surface area contributed by atoms with Gasteiger partial charge in [0.05, 0.1) is 5.69 Å². The summed E-state index contributed by atoms with van der Waals surface area (Å²) in [6.45, 7) is 1.98. The lowest BCUT2D eigenvalue weighted by Gasteiger charge is -2.09. The number of aryl methyl sites for hydroxylation is 1. The zero-order valence-corrected chi connectivity index (χ0v) is 9.88. The second-order valence-electron chi connectivity index (χ2n) is 3.20. The second-order valence-corrected chi connectivity index (χ2v) is 4.32. The van der Waals surface area contributed by atoms with Gasteiger partial charge < -0.3 is 16.4 Å². The van der Waals surface area contributed by atoms with Crippen LogP contribution in [-0.2, 0) is 0 Å². The van der Waals surface area contributed by atoms with Crippen LogP contribution < -0.4 is 11.5 Å². The summed E-state index contributed by atoms with van der Waals surface area (Å²) in [7, 11) is 3.59. The van der Waals surface area contributed by atoms with E-state index >= 15 is 0 Å². The first kappa shape index (κ1) is 11.5. The zero-order chi connectivity index (χ0) is 11.4. The number of rotatable bonds is 1. The van der Waals surface area contributed by atoms with E-state index in [0.29, 0.717) is 5.96 Å². The SMILES string of the molecule is Cc1sccc1N=C(N)N=C(N)N(C)C. The van der Waals surface area contributed by atoms with Crippen LogP contribution in [0.5, 0.6) is 0 Å². The Morgan fingerprint density at radius 2 is 2.07 bits per heavy atom. The number of hydrogen-bond donors (Lipinski definition) is 2. The number of guanidine groups is 2. The van der Waals surface area contributed by atoms with Crippen LogP contribution in [0.4, 0.5) is 5.69 Å². The van der Waals surface area contributed by atoms with E-state index < -0.39 is 0 Å². The Morgan fingerprint density at radius 3 is 2.53 bits per heavy atom. The lowest BCUT2D eigenvalue weighted by Crippen LogP contribution is -2.32. The molecule has 82 valence electrons. The molecule has 15 heavy (non-hydrogen) atoms. The van der Waals surface area contributed by atoms with E-state index in [1.165, 1.54) is 0 Å². The third-order valence-electron chi connectivity index (χ3n) is 1.75. The first-order valence-corrected chi connectivity index (χ1v) is 5.28. The van der Waals surface area contributed by atoms with E-state index in [0.717, 1.165) is 10.6 Å². The van der Waals surface area contributed by atoms with Crippen molar-refractivity contribution in [2.45, 2.75) is 6.92 Å². The van der Waals surface area contributed by atoms with Gasteiger partial charge in [-0.15, -0.1) is 11.3 Å². The second kappa shape index (κ2) is 4.79. The van der Waals surface area contributed by atoms with Gasteiger partial charge in [0, 0.05) is 19.0 Å². The number of hydrogen-bond acceptors (Lipinski definition) is 2. The lowest BCUT2D eigenvalue weighted by atomic mass is 10.4. The summed E-state index contributed by atoms with van der Waals surface area (Å²) in [4.78, 5) is 10.9. The molecule has 0 amide bonds. The minimum Gasteiger partial charge on any atom is -0.369 e. The van der Waals surface area contributed by atoms with Crippen molar-refractivity contribution in [3.8, 4) is 0 Å². The fraction of sp³-hybridized carbons (Fsp3) is 0.333. The van der Waals surface area contributed by atoms with E-state index in [1.54, 1.807) is 30.3 Å². The maximum Gasteiger partial charge on any atom is 0.223 e. The minimum atomic E-state index is 0.169. The van der Waals surface area contributed by atoms with Crippen LogP contribution in [0.15, 0.2) is 21.4 Å². The third kappa shape index (κ3) is 3.25. The summed E-state index contributed by atoms with van der Waals surface area (Å²) >= 11 is 1.62. The van der Waals surface area contributed by atoms with E-state index in [-0.39, 0.29) is 5.96 Å². The van der Waals surface area contributed by atoms with Gasteiger partial charge in [-0.3, -0.25) is 0 Å². The molecule has 1 rings (SSSR count). The van der Waals surface area contributed by atoms with Crippen LogP contribution in [0.25, 0.3) is 0 Å². The van der Waals surface area contributed by atoms with Gasteiger partial charge in [-0.05, 0) is 18.4 Å². The predicted molar refractivity (Wildman–Crippen MR) is 65.6 cm³/mol. The van der Waals surface area contributed by atoms with Gasteiger partial charge in [0.1, 0.15) is 0 Å². The van der Waals surface area contributed by atoms with Crippen molar-refractivity contribution in [3.63, 3.8) is 0 Å². The molecule has 0 aliphatic rings. The first-order valence-electron chi connectivity index (χ1n) is 4.40. The highest BCUT2D eigenvalue weighted by atomic mass is 32.1. The maximum atomic E-state index is 5.63. The average Bonchev–Trinajstić information content (AvgIpc) is 2.51. The Labute approximate surface area is 93.1 Å². The van der Waals surface area contributed by atoms with Crippen LogP contribution >= 0.6 is 11.3 Å². The highest BCUT2D eigenvalue weighted by Gasteiger charge is 1.99. The Kier molecular flexibility index (Phi) is 3.68. The van der Waals surface area contributed by atoms with Crippen LogP contribution in [0.2, 0.25) is 0 Å². The van der Waals surface area contributed by atoms with Crippen molar-refractivity contribution in [3.05, 3.63) is 16.3 Å². The molecule has 0 spiro atoms. The summed E-state index contributed by atoms with van der Waals surface area (Å²) < 4.78 is 0. The molecule has 5 nitrogen and oxygen atoms in total. The topological polar surface area (TPSA) is 80.0 Å². The Balaban J connectivity index is 2.86. The van der Waals surface area contributed by atoms with Gasteiger partial charge >= 0.3 is 0 Å². The van der Waals surface area contributed by atoms with Crippen LogP contribution in [0.1, 0.15) is 4.88 Å². The molecule has 0 bridgehead atoms. The molecular weight excluding hydrogens is 210 g/mol. The number of nitrogens with two attached hydrogens (primary N) is 2. The molecule has 0 unspecified atom stereocenters. The van der Waals surface area contributed by atoms with E-state index in [9.17, 15) is 0 Å². The Bertz CT molecular complexity index is 391. The number of thiophene rings is 1. The molecule has 0 aliphatic heterocycles. The molecule has 0 fully saturated rings. The van der Waals surface area contributed by atoms with Gasteiger partial charge in [-0.25, -0.2) is 4.99 Å². The standard InChI is InChI=1S/C9H15N5S/c1-6-7(4-5-15-6)12-8(10)13-9(11)14(2)3/h4-5H,1-3H3,(H4,10,11,12,13). The molecule has 0 aromatic carbocycles. The van der Waals surface area contributed by atoms with Crippen molar-refractivity contribution in [2.75, 3.05) is 14.1 Å². The molecule has 0 saturated carbocycles. The quantitative estimate of drug-likeness (QED) is 0.550. The highest BCUT2D eigenvalue weighted by Crippen LogP contribution is 2.23. The number of aliphatic imine (C=N–C) groups is 2. The highest BCUT2D eigenvalue weighted by molar-refractivity contribution is 7.10. The van der Waals surface area contributed by atoms with Gasteiger partial charge in [0.15, 0.2) is 5.96 Å². The molecule has 0 aliphatic carbocycles. The molecule has 0 atom stereocenters. The van der Waals surface area contributed by atoms with Gasteiger partial charge in [-0.2, -0.15) is 4.99 Å². The molecule has 6 heteroatoms. The van der Waals surface area contributed by atoms with Crippen molar-refractivity contribution < 1.29 is 0 Å². The monoisotopic (exact) mass is 225 g/mol. The zero-order valence-electron chi connectivity index (χ0n) is 9.06.